The molecule has 0 spiro atoms. The quantitative estimate of drug-likeness (QED) is 0.644. The zero-order chi connectivity index (χ0) is 14.9. The molecule has 104 valence electrons. The summed E-state index contributed by atoms with van der Waals surface area (Å²) < 4.78 is 1.27. The van der Waals surface area contributed by atoms with Crippen LogP contribution in [0.3, 0.4) is 0 Å². The molecule has 0 fully saturated rings. The van der Waals surface area contributed by atoms with Gasteiger partial charge in [0.1, 0.15) is 0 Å². The molecule has 0 N–H and O–H groups in total. The second kappa shape index (κ2) is 5.64. The van der Waals surface area contributed by atoms with Gasteiger partial charge in [0.05, 0.1) is 27.7 Å². The van der Waals surface area contributed by atoms with Gasteiger partial charge in [0.2, 0.25) is 0 Å². The number of hydrogen-bond acceptors (Lipinski definition) is 3. The van der Waals surface area contributed by atoms with Crippen molar-refractivity contribution >= 4 is 28.9 Å². The van der Waals surface area contributed by atoms with Crippen LogP contribution in [0.4, 0.5) is 5.69 Å². The molecule has 0 bridgehead atoms. The first-order valence-corrected chi connectivity index (χ1v) is 6.43. The van der Waals surface area contributed by atoms with E-state index >= 15 is 0 Å². The maximum atomic E-state index is 11.9. The Labute approximate surface area is 124 Å². The number of pyridine rings is 1. The van der Waals surface area contributed by atoms with Gasteiger partial charge in [0.15, 0.2) is 0 Å². The monoisotopic (exact) mass is 312 g/mol. The van der Waals surface area contributed by atoms with E-state index < -0.39 is 4.92 Å². The standard InChI is InChI=1S/C13H10Cl2N2O3/c1-8-4-13(18)16(7-12(8)17(19)20)6-9-2-3-10(14)11(15)5-9/h2-5,7H,6H2,1H3. The summed E-state index contributed by atoms with van der Waals surface area (Å²) in [7, 11) is 0. The van der Waals surface area contributed by atoms with Crippen molar-refractivity contribution in [3.05, 3.63) is 72.1 Å². The molecule has 1 aromatic carbocycles. The molecule has 2 rings (SSSR count). The second-order valence-corrected chi connectivity index (χ2v) is 5.13. The number of nitro groups is 1. The molecule has 5 nitrogen and oxygen atoms in total. The summed E-state index contributed by atoms with van der Waals surface area (Å²) in [4.78, 5) is 22.2. The van der Waals surface area contributed by atoms with E-state index in [-0.39, 0.29) is 17.8 Å². The van der Waals surface area contributed by atoms with Gasteiger partial charge in [-0.1, -0.05) is 29.3 Å². The summed E-state index contributed by atoms with van der Waals surface area (Å²) in [5, 5.41) is 11.7. The first kappa shape index (κ1) is 14.6. The molecular weight excluding hydrogens is 303 g/mol. The average Bonchev–Trinajstić information content (AvgIpc) is 2.36. The molecule has 0 saturated heterocycles. The maximum Gasteiger partial charge on any atom is 0.288 e. The number of nitrogens with zero attached hydrogens (tertiary/aromatic N) is 2. The molecule has 0 atom stereocenters. The van der Waals surface area contributed by atoms with Crippen LogP contribution in [0.15, 0.2) is 35.3 Å². The molecule has 0 radical (unpaired) electrons. The van der Waals surface area contributed by atoms with Crippen LogP contribution >= 0.6 is 23.2 Å². The van der Waals surface area contributed by atoms with E-state index in [0.717, 1.165) is 5.56 Å². The van der Waals surface area contributed by atoms with Gasteiger partial charge in [-0.15, -0.1) is 0 Å². The molecule has 0 unspecified atom stereocenters. The highest BCUT2D eigenvalue weighted by molar-refractivity contribution is 6.42. The maximum absolute atomic E-state index is 11.9. The normalized spacial score (nSPS) is 10.6. The number of aromatic nitrogens is 1. The minimum atomic E-state index is -0.514. The van der Waals surface area contributed by atoms with Crippen molar-refractivity contribution in [3.63, 3.8) is 0 Å². The Bertz CT molecular complexity index is 741. The van der Waals surface area contributed by atoms with E-state index in [2.05, 4.69) is 0 Å². The molecule has 1 heterocycles. The zero-order valence-electron chi connectivity index (χ0n) is 10.5. The highest BCUT2D eigenvalue weighted by atomic mass is 35.5. The molecule has 0 saturated carbocycles. The lowest BCUT2D eigenvalue weighted by Gasteiger charge is -2.07. The van der Waals surface area contributed by atoms with Gasteiger partial charge >= 0.3 is 0 Å². The number of hydrogen-bond donors (Lipinski definition) is 0. The Morgan fingerprint density at radius 1 is 1.25 bits per heavy atom. The van der Waals surface area contributed by atoms with Gasteiger partial charge in [-0.25, -0.2) is 0 Å². The first-order chi connectivity index (χ1) is 9.38. The molecule has 0 amide bonds. The molecule has 1 aromatic heterocycles. The summed E-state index contributed by atoms with van der Waals surface area (Å²) >= 11 is 11.7. The van der Waals surface area contributed by atoms with E-state index in [1.165, 1.54) is 23.8 Å². The Kier molecular flexibility index (Phi) is 4.11. The number of halogens is 2. The van der Waals surface area contributed by atoms with E-state index in [1.807, 2.05) is 0 Å². The lowest BCUT2D eigenvalue weighted by atomic mass is 10.2. The molecule has 2 aromatic rings. The SMILES string of the molecule is Cc1cc(=O)n(Cc2ccc(Cl)c(Cl)c2)cc1[N+](=O)[O-]. The van der Waals surface area contributed by atoms with Crippen LogP contribution in [-0.2, 0) is 6.54 Å². The van der Waals surface area contributed by atoms with E-state index in [9.17, 15) is 14.9 Å². The Balaban J connectivity index is 2.43. The van der Waals surface area contributed by atoms with Crippen LogP contribution in [0, 0.1) is 17.0 Å². The lowest BCUT2D eigenvalue weighted by Crippen LogP contribution is -2.20. The molecule has 0 aliphatic heterocycles. The largest absolute Gasteiger partial charge is 0.304 e. The fourth-order valence-corrected chi connectivity index (χ4v) is 2.13. The van der Waals surface area contributed by atoms with Crippen molar-refractivity contribution in [2.24, 2.45) is 0 Å². The number of aryl methyl sites for hydroxylation is 1. The van der Waals surface area contributed by atoms with Crippen molar-refractivity contribution in [3.8, 4) is 0 Å². The Hall–Kier alpha value is -1.85. The number of rotatable bonds is 3. The lowest BCUT2D eigenvalue weighted by molar-refractivity contribution is -0.385. The highest BCUT2D eigenvalue weighted by Gasteiger charge is 2.13. The molecule has 20 heavy (non-hydrogen) atoms. The highest BCUT2D eigenvalue weighted by Crippen LogP contribution is 2.23. The van der Waals surface area contributed by atoms with E-state index in [1.54, 1.807) is 18.2 Å². The van der Waals surface area contributed by atoms with Crippen molar-refractivity contribution in [1.82, 2.24) is 4.57 Å². The van der Waals surface area contributed by atoms with Crippen molar-refractivity contribution in [2.45, 2.75) is 13.5 Å². The average molecular weight is 313 g/mol. The minimum Gasteiger partial charge on any atom is -0.304 e. The van der Waals surface area contributed by atoms with Gasteiger partial charge in [-0.2, -0.15) is 0 Å². The fourth-order valence-electron chi connectivity index (χ4n) is 1.80. The minimum absolute atomic E-state index is 0.0929. The predicted molar refractivity (Wildman–Crippen MR) is 77.7 cm³/mol. The third kappa shape index (κ3) is 3.00. The van der Waals surface area contributed by atoms with Gasteiger partial charge in [-0.05, 0) is 24.6 Å². The smallest absolute Gasteiger partial charge is 0.288 e. The van der Waals surface area contributed by atoms with Crippen LogP contribution in [0.2, 0.25) is 10.0 Å². The van der Waals surface area contributed by atoms with Gasteiger partial charge in [0, 0.05) is 11.6 Å². The summed E-state index contributed by atoms with van der Waals surface area (Å²) in [6.45, 7) is 1.72. The molecule has 0 aliphatic carbocycles. The van der Waals surface area contributed by atoms with Crippen LogP contribution in [-0.4, -0.2) is 9.49 Å². The van der Waals surface area contributed by atoms with Crippen LogP contribution in [0.25, 0.3) is 0 Å². The van der Waals surface area contributed by atoms with Gasteiger partial charge < -0.3 is 4.57 Å². The fraction of sp³-hybridized carbons (Fsp3) is 0.154. The van der Waals surface area contributed by atoms with E-state index in [0.29, 0.717) is 15.6 Å². The van der Waals surface area contributed by atoms with Crippen molar-refractivity contribution < 1.29 is 4.92 Å². The van der Waals surface area contributed by atoms with Crippen LogP contribution in [0.5, 0.6) is 0 Å². The molecule has 7 heteroatoms. The van der Waals surface area contributed by atoms with Gasteiger partial charge in [-0.3, -0.25) is 14.9 Å². The third-order valence-electron chi connectivity index (χ3n) is 2.84. The van der Waals surface area contributed by atoms with Crippen LogP contribution in [0.1, 0.15) is 11.1 Å². The number of benzene rings is 1. The van der Waals surface area contributed by atoms with Crippen LogP contribution < -0.4 is 5.56 Å². The third-order valence-corrected chi connectivity index (χ3v) is 3.58. The van der Waals surface area contributed by atoms with Crippen molar-refractivity contribution in [2.75, 3.05) is 0 Å². The predicted octanol–water partition coefficient (Wildman–Crippen LogP) is 3.42. The molecular formula is C13H10Cl2N2O3. The van der Waals surface area contributed by atoms with Gasteiger partial charge in [0.25, 0.3) is 11.2 Å². The Morgan fingerprint density at radius 2 is 1.95 bits per heavy atom. The summed E-state index contributed by atoms with van der Waals surface area (Å²) in [5.41, 5.74) is 0.675. The van der Waals surface area contributed by atoms with E-state index in [4.69, 9.17) is 23.2 Å². The molecule has 0 aliphatic rings. The zero-order valence-corrected chi connectivity index (χ0v) is 12.0. The summed E-state index contributed by atoms with van der Waals surface area (Å²) in [5.74, 6) is 0. The summed E-state index contributed by atoms with van der Waals surface area (Å²) in [6.07, 6.45) is 1.24. The first-order valence-electron chi connectivity index (χ1n) is 5.68. The second-order valence-electron chi connectivity index (χ2n) is 4.31. The summed E-state index contributed by atoms with van der Waals surface area (Å²) in [6, 6.07) is 6.21. The topological polar surface area (TPSA) is 65.1 Å². The van der Waals surface area contributed by atoms with Crippen molar-refractivity contribution in [1.29, 1.82) is 0 Å². The Morgan fingerprint density at radius 3 is 2.55 bits per heavy atom.